The number of alkyl carbamates (subject to hydrolysis) is 1. The summed E-state index contributed by atoms with van der Waals surface area (Å²) >= 11 is 0. The largest absolute Gasteiger partial charge is 0.461 e. The number of carbonyl (C=O) groups excluding carboxylic acids is 5. The van der Waals surface area contributed by atoms with Gasteiger partial charge in [0.1, 0.15) is 56.0 Å². The monoisotopic (exact) mass is 971 g/mol. The summed E-state index contributed by atoms with van der Waals surface area (Å²) in [7, 11) is 0. The van der Waals surface area contributed by atoms with Gasteiger partial charge in [0.2, 0.25) is 17.5 Å². The molecule has 0 unspecified atom stereocenters. The van der Waals surface area contributed by atoms with Gasteiger partial charge in [0.15, 0.2) is 0 Å². The first kappa shape index (κ1) is 50.3. The van der Waals surface area contributed by atoms with Gasteiger partial charge < -0.3 is 44.0 Å². The van der Waals surface area contributed by atoms with Gasteiger partial charge in [-0.1, -0.05) is 119 Å². The molecule has 2 aliphatic heterocycles. The van der Waals surface area contributed by atoms with Gasteiger partial charge >= 0.3 is 23.7 Å². The van der Waals surface area contributed by atoms with Gasteiger partial charge in [0.05, 0.1) is 17.9 Å². The van der Waals surface area contributed by atoms with E-state index in [4.69, 9.17) is 23.4 Å². The summed E-state index contributed by atoms with van der Waals surface area (Å²) in [5, 5.41) is 16.9. The number of ether oxygens (including phenoxy) is 4. The molecule has 2 aromatic heterocycles. The Hall–Kier alpha value is -7.11. The topological polar surface area (TPSA) is 218 Å². The van der Waals surface area contributed by atoms with Crippen molar-refractivity contribution in [1.29, 1.82) is 0 Å². The lowest BCUT2D eigenvalue weighted by Crippen LogP contribution is -2.56. The van der Waals surface area contributed by atoms with E-state index < -0.39 is 84.4 Å². The van der Waals surface area contributed by atoms with Crippen molar-refractivity contribution in [2.75, 3.05) is 26.4 Å². The maximum atomic E-state index is 14.2. The van der Waals surface area contributed by atoms with Crippen LogP contribution in [0.1, 0.15) is 94.6 Å². The van der Waals surface area contributed by atoms with Crippen molar-refractivity contribution < 1.29 is 52.4 Å². The number of carbonyl (C=O) groups is 5. The molecule has 2 saturated heterocycles. The van der Waals surface area contributed by atoms with Gasteiger partial charge in [-0.2, -0.15) is 4.98 Å². The fraction of sp³-hybridized carbons (Fsp3) is 0.426. The maximum Gasteiger partial charge on any atom is 0.407 e. The van der Waals surface area contributed by atoms with Crippen molar-refractivity contribution in [3.05, 3.63) is 125 Å². The predicted octanol–water partition coefficient (Wildman–Crippen LogP) is 6.74. The highest BCUT2D eigenvalue weighted by molar-refractivity contribution is 5.95. The SMILES string of the molecule is C=CCOC(=O)C[C@H](NC(=O)OCC1c2ccccc2-c2ccccc21)C(=O)N1CCC[C@H]1C(=O)N[C@H](C(=O)OC[C@H]1O[C@@H](n2cc3cc(-c4ccc(CCCCC)cc4)oc3nc2=O)C[C@@H]1O)C(C)C. The molecule has 3 amide bonds. The Morgan fingerprint density at radius 1 is 0.930 bits per heavy atom. The maximum absolute atomic E-state index is 14.2. The molecule has 0 saturated carbocycles. The van der Waals surface area contributed by atoms with E-state index in [0.717, 1.165) is 47.1 Å². The van der Waals surface area contributed by atoms with E-state index >= 15 is 0 Å². The zero-order valence-electron chi connectivity index (χ0n) is 40.3. The van der Waals surface area contributed by atoms with Crippen molar-refractivity contribution >= 4 is 40.9 Å². The molecule has 5 aromatic rings. The van der Waals surface area contributed by atoms with Crippen LogP contribution >= 0.6 is 0 Å². The normalized spacial score (nSPS) is 19.2. The molecule has 3 N–H and O–H groups in total. The van der Waals surface area contributed by atoms with Crippen LogP contribution in [-0.4, -0.2) is 106 Å². The smallest absolute Gasteiger partial charge is 0.407 e. The Bertz CT molecular complexity index is 2760. The minimum absolute atomic E-state index is 0.0124. The Labute approximate surface area is 411 Å². The van der Waals surface area contributed by atoms with Crippen LogP contribution in [0.5, 0.6) is 0 Å². The van der Waals surface area contributed by atoms with Crippen LogP contribution in [0.3, 0.4) is 0 Å². The van der Waals surface area contributed by atoms with Gasteiger partial charge in [-0.05, 0) is 65.5 Å². The molecule has 3 aromatic carbocycles. The van der Waals surface area contributed by atoms with E-state index in [1.54, 1.807) is 26.1 Å². The minimum Gasteiger partial charge on any atom is -0.461 e. The molecule has 2 fully saturated rings. The molecule has 17 nitrogen and oxygen atoms in total. The van der Waals surface area contributed by atoms with E-state index in [1.165, 1.54) is 27.5 Å². The number of unbranched alkanes of at least 4 members (excludes halogenated alkanes) is 2. The lowest BCUT2D eigenvalue weighted by molar-refractivity contribution is -0.156. The van der Waals surface area contributed by atoms with Crippen LogP contribution in [0.25, 0.3) is 33.6 Å². The number of aryl methyl sites for hydroxylation is 1. The van der Waals surface area contributed by atoms with Crippen LogP contribution < -0.4 is 16.3 Å². The standard InChI is InChI=1S/C54H61N5O12/c1-5-7-8-14-33-20-22-34(23-21-33)44-26-35-29-59(53(65)57-50(35)71-44)46-28-43(60)45(70-46)31-68-52(64)48(32(3)4)56-49(62)42-19-13-24-58(42)51(63)41(27-47(61)67-25-6-2)55-54(66)69-30-40-38-17-11-9-15-36(38)37-16-10-12-18-39(37)40/h6,9-12,15-18,20-23,26,29,32,40-43,45-46,48,60H,2,5,7-8,13-14,19,24-25,27-28,30-31H2,1,3-4H3,(H,55,66)(H,56,62)/t41-,42-,43-,45+,46+,48-/m0/s1. The molecule has 4 heterocycles. The Kier molecular flexibility index (Phi) is 16.1. The number of aromatic nitrogens is 2. The second-order valence-corrected chi connectivity index (χ2v) is 18.6. The van der Waals surface area contributed by atoms with E-state index in [-0.39, 0.29) is 50.8 Å². The molecule has 6 atom stereocenters. The molecular weight excluding hydrogens is 911 g/mol. The third-order valence-corrected chi connectivity index (χ3v) is 13.4. The number of aliphatic hydroxyl groups is 1. The molecule has 8 rings (SSSR count). The number of aliphatic hydroxyl groups excluding tert-OH is 1. The fourth-order valence-electron chi connectivity index (χ4n) is 9.59. The second kappa shape index (κ2) is 22.8. The summed E-state index contributed by atoms with van der Waals surface area (Å²) in [5.41, 5.74) is 5.67. The Morgan fingerprint density at radius 3 is 2.34 bits per heavy atom. The first-order chi connectivity index (χ1) is 34.3. The molecule has 71 heavy (non-hydrogen) atoms. The number of hydrogen-bond acceptors (Lipinski definition) is 13. The summed E-state index contributed by atoms with van der Waals surface area (Å²) in [4.78, 5) is 86.8. The highest BCUT2D eigenvalue weighted by Crippen LogP contribution is 2.44. The van der Waals surface area contributed by atoms with Crippen LogP contribution in [0.2, 0.25) is 0 Å². The summed E-state index contributed by atoms with van der Waals surface area (Å²) < 4.78 is 29.8. The molecule has 0 bridgehead atoms. The molecule has 17 heteroatoms. The molecule has 1 aliphatic carbocycles. The number of fused-ring (bicyclic) bond motifs is 4. The third kappa shape index (κ3) is 11.6. The number of furan rings is 1. The van der Waals surface area contributed by atoms with E-state index in [9.17, 15) is 33.9 Å². The number of hydrogen-bond donors (Lipinski definition) is 3. The summed E-state index contributed by atoms with van der Waals surface area (Å²) in [6.45, 7) is 8.75. The summed E-state index contributed by atoms with van der Waals surface area (Å²) in [5.74, 6) is -3.10. The van der Waals surface area contributed by atoms with Crippen molar-refractivity contribution in [1.82, 2.24) is 25.1 Å². The van der Waals surface area contributed by atoms with Gasteiger partial charge in [-0.15, -0.1) is 0 Å². The fourth-order valence-corrected chi connectivity index (χ4v) is 9.59. The van der Waals surface area contributed by atoms with Crippen molar-refractivity contribution in [2.45, 2.75) is 115 Å². The molecule has 0 radical (unpaired) electrons. The van der Waals surface area contributed by atoms with Gasteiger partial charge in [0, 0.05) is 30.6 Å². The third-order valence-electron chi connectivity index (χ3n) is 13.4. The highest BCUT2D eigenvalue weighted by atomic mass is 16.6. The van der Waals surface area contributed by atoms with Crippen molar-refractivity contribution in [2.24, 2.45) is 5.92 Å². The van der Waals surface area contributed by atoms with Crippen LogP contribution in [0.4, 0.5) is 4.79 Å². The minimum atomic E-state index is -1.45. The predicted molar refractivity (Wildman–Crippen MR) is 262 cm³/mol. The zero-order valence-corrected chi connectivity index (χ0v) is 40.3. The molecule has 3 aliphatic rings. The lowest BCUT2D eigenvalue weighted by Gasteiger charge is -2.30. The average molecular weight is 972 g/mol. The van der Waals surface area contributed by atoms with Crippen molar-refractivity contribution in [3.63, 3.8) is 0 Å². The van der Waals surface area contributed by atoms with Gasteiger partial charge in [0.25, 0.3) is 0 Å². The van der Waals surface area contributed by atoms with E-state index in [1.807, 2.05) is 60.7 Å². The molecular formula is C54H61N5O12. The number of amides is 3. The van der Waals surface area contributed by atoms with E-state index in [0.29, 0.717) is 17.6 Å². The summed E-state index contributed by atoms with van der Waals surface area (Å²) in [6, 6.07) is 21.9. The first-order valence-electron chi connectivity index (χ1n) is 24.4. The number of rotatable bonds is 20. The molecule has 0 spiro atoms. The average Bonchev–Trinajstić information content (AvgIpc) is 4.17. The Morgan fingerprint density at radius 2 is 1.65 bits per heavy atom. The van der Waals surface area contributed by atoms with Crippen LogP contribution in [-0.2, 0) is 44.5 Å². The van der Waals surface area contributed by atoms with Gasteiger partial charge in [-0.3, -0.25) is 19.0 Å². The molecule has 374 valence electrons. The van der Waals surface area contributed by atoms with E-state index in [2.05, 4.69) is 41.3 Å². The van der Waals surface area contributed by atoms with Crippen LogP contribution in [0, 0.1) is 5.92 Å². The van der Waals surface area contributed by atoms with Crippen LogP contribution in [0.15, 0.2) is 107 Å². The number of esters is 2. The first-order valence-corrected chi connectivity index (χ1v) is 24.4. The Balaban J connectivity index is 0.871. The van der Waals surface area contributed by atoms with Gasteiger partial charge in [-0.25, -0.2) is 14.4 Å². The number of likely N-dealkylation sites (tertiary alicyclic amines) is 1. The number of nitrogens with zero attached hydrogens (tertiary/aromatic N) is 3. The quantitative estimate of drug-likeness (QED) is 0.0319. The zero-order chi connectivity index (χ0) is 50.2. The van der Waals surface area contributed by atoms with Crippen molar-refractivity contribution in [3.8, 4) is 22.5 Å². The summed E-state index contributed by atoms with van der Waals surface area (Å²) in [6.07, 6.45) is 3.55. The lowest BCUT2D eigenvalue weighted by atomic mass is 9.98. The number of nitrogens with one attached hydrogen (secondary N) is 2. The highest BCUT2D eigenvalue weighted by Gasteiger charge is 2.42. The second-order valence-electron chi connectivity index (χ2n) is 18.6. The number of benzene rings is 3.